The maximum atomic E-state index is 11.1. The Bertz CT molecular complexity index is 221. The van der Waals surface area contributed by atoms with Crippen molar-refractivity contribution in [3.63, 3.8) is 0 Å². The summed E-state index contributed by atoms with van der Waals surface area (Å²) in [6.07, 6.45) is 5.00. The normalized spacial score (nSPS) is 14.5. The van der Waals surface area contributed by atoms with Crippen molar-refractivity contribution in [1.29, 1.82) is 0 Å². The molecule has 0 aliphatic carbocycles. The molecule has 5 heteroatoms. The van der Waals surface area contributed by atoms with Crippen molar-refractivity contribution in [2.24, 2.45) is 5.92 Å². The van der Waals surface area contributed by atoms with Gasteiger partial charge in [0.2, 0.25) is 0 Å². The van der Waals surface area contributed by atoms with Crippen LogP contribution < -0.4 is 0 Å². The molecule has 0 aliphatic rings. The summed E-state index contributed by atoms with van der Waals surface area (Å²) in [5.74, 6) is -0.578. The number of carbonyl (C=O) groups excluding carboxylic acids is 1. The van der Waals surface area contributed by atoms with Crippen molar-refractivity contribution in [3.8, 4) is 12.3 Å². The first-order valence-electron chi connectivity index (χ1n) is 3.78. The number of esters is 1. The lowest BCUT2D eigenvalue weighted by molar-refractivity contribution is -0.149. The van der Waals surface area contributed by atoms with E-state index in [4.69, 9.17) is 11.5 Å². The third-order valence-corrected chi connectivity index (χ3v) is 1.97. The number of rotatable bonds is 5. The zero-order chi connectivity index (χ0) is 10.3. The topological polar surface area (TPSA) is 63.6 Å². The second-order valence-corrected chi connectivity index (χ2v) is 3.03. The summed E-state index contributed by atoms with van der Waals surface area (Å²) in [7, 11) is -0.518. The van der Waals surface area contributed by atoms with Crippen LogP contribution in [0.3, 0.4) is 0 Å². The molecule has 0 aromatic carbocycles. The number of carbonyl (C=O) groups is 1. The highest BCUT2D eigenvalue weighted by Crippen LogP contribution is 2.19. The minimum absolute atomic E-state index is 0.0231. The Kier molecular flexibility index (Phi) is 6.13. The summed E-state index contributed by atoms with van der Waals surface area (Å²) in [6, 6.07) is 0. The molecule has 72 valence electrons. The van der Waals surface area contributed by atoms with Crippen LogP contribution in [-0.2, 0) is 14.1 Å². The van der Waals surface area contributed by atoms with E-state index in [2.05, 4.69) is 10.7 Å². The Balaban J connectivity index is 4.32. The molecule has 0 aliphatic heterocycles. The fourth-order valence-electron chi connectivity index (χ4n) is 0.760. The number of aliphatic hydroxyl groups excluding tert-OH is 1. The van der Waals surface area contributed by atoms with E-state index in [0.29, 0.717) is 0 Å². The Morgan fingerprint density at radius 2 is 2.38 bits per heavy atom. The van der Waals surface area contributed by atoms with E-state index in [9.17, 15) is 9.36 Å². The third kappa shape index (κ3) is 4.02. The highest BCUT2D eigenvalue weighted by Gasteiger charge is 2.27. The molecule has 0 saturated carbocycles. The molecule has 0 bridgehead atoms. The van der Waals surface area contributed by atoms with E-state index in [1.165, 1.54) is 0 Å². The first kappa shape index (κ1) is 12.1. The van der Waals surface area contributed by atoms with E-state index < -0.39 is 26.2 Å². The maximum absolute atomic E-state index is 11.1. The van der Waals surface area contributed by atoms with Gasteiger partial charge in [-0.25, -0.2) is 0 Å². The fourth-order valence-corrected chi connectivity index (χ4v) is 1.13. The molecule has 0 radical (unpaired) electrons. The minimum Gasteiger partial charge on any atom is -0.466 e. The van der Waals surface area contributed by atoms with Gasteiger partial charge in [0, 0.05) is 6.42 Å². The van der Waals surface area contributed by atoms with Crippen LogP contribution in [0.25, 0.3) is 0 Å². The lowest BCUT2D eigenvalue weighted by Gasteiger charge is -2.13. The van der Waals surface area contributed by atoms with Crippen LogP contribution >= 0.6 is 8.46 Å². The van der Waals surface area contributed by atoms with Gasteiger partial charge in [-0.15, -0.1) is 12.3 Å². The van der Waals surface area contributed by atoms with Gasteiger partial charge in [-0.3, -0.25) is 9.36 Å². The fraction of sp³-hybridized carbons (Fsp3) is 0.625. The molecule has 0 aromatic heterocycles. The van der Waals surface area contributed by atoms with Gasteiger partial charge in [-0.05, 0) is 6.92 Å². The average molecular weight is 202 g/mol. The van der Waals surface area contributed by atoms with Gasteiger partial charge in [0.05, 0.1) is 6.61 Å². The SMILES string of the molecule is C#CCC(C(=O)OCC)C(O)P=O. The monoisotopic (exact) mass is 202 g/mol. The number of hydrogen-bond donors (Lipinski definition) is 1. The molecule has 1 N–H and O–H groups in total. The van der Waals surface area contributed by atoms with Crippen molar-refractivity contribution < 1.29 is 19.2 Å². The Hall–Kier alpha value is -0.910. The van der Waals surface area contributed by atoms with Gasteiger partial charge in [-0.1, -0.05) is 0 Å². The van der Waals surface area contributed by atoms with Crippen LogP contribution in [0, 0.1) is 18.3 Å². The highest BCUT2D eigenvalue weighted by molar-refractivity contribution is 7.24. The van der Waals surface area contributed by atoms with Gasteiger partial charge < -0.3 is 9.84 Å². The van der Waals surface area contributed by atoms with Gasteiger partial charge in [-0.2, -0.15) is 0 Å². The molecule has 0 spiro atoms. The molecule has 0 aromatic rings. The molecule has 2 unspecified atom stereocenters. The minimum atomic E-state index is -1.28. The molecular weight excluding hydrogens is 191 g/mol. The molecule has 2 atom stereocenters. The van der Waals surface area contributed by atoms with Crippen molar-refractivity contribution >= 4 is 14.4 Å². The third-order valence-electron chi connectivity index (χ3n) is 1.39. The Morgan fingerprint density at radius 3 is 2.77 bits per heavy atom. The maximum Gasteiger partial charge on any atom is 0.313 e. The number of aliphatic hydroxyl groups is 1. The van der Waals surface area contributed by atoms with Crippen molar-refractivity contribution in [1.82, 2.24) is 0 Å². The molecule has 0 rings (SSSR count). The van der Waals surface area contributed by atoms with Crippen molar-refractivity contribution in [2.75, 3.05) is 6.61 Å². The van der Waals surface area contributed by atoms with E-state index in [1.807, 2.05) is 0 Å². The van der Waals surface area contributed by atoms with Gasteiger partial charge in [0.25, 0.3) is 0 Å². The molecule has 0 saturated heterocycles. The quantitative estimate of drug-likeness (QED) is 0.407. The highest BCUT2D eigenvalue weighted by atomic mass is 31.1. The summed E-state index contributed by atoms with van der Waals surface area (Å²) in [5, 5.41) is 9.12. The van der Waals surface area contributed by atoms with E-state index >= 15 is 0 Å². The average Bonchev–Trinajstić information content (AvgIpc) is 2.13. The summed E-state index contributed by atoms with van der Waals surface area (Å²) in [4.78, 5) is 11.1. The summed E-state index contributed by atoms with van der Waals surface area (Å²) in [6.45, 7) is 1.86. The summed E-state index contributed by atoms with van der Waals surface area (Å²) < 4.78 is 14.9. The molecular formula is C8H11O4P. The molecule has 13 heavy (non-hydrogen) atoms. The first-order chi connectivity index (χ1) is 6.17. The molecule has 4 nitrogen and oxygen atoms in total. The van der Waals surface area contributed by atoms with Crippen LogP contribution in [0.2, 0.25) is 0 Å². The number of ether oxygens (including phenoxy) is 1. The van der Waals surface area contributed by atoms with Crippen molar-refractivity contribution in [2.45, 2.75) is 19.2 Å². The molecule has 0 amide bonds. The van der Waals surface area contributed by atoms with Crippen LogP contribution in [0.1, 0.15) is 13.3 Å². The van der Waals surface area contributed by atoms with Crippen molar-refractivity contribution in [3.05, 3.63) is 0 Å². The molecule has 0 heterocycles. The van der Waals surface area contributed by atoms with E-state index in [0.717, 1.165) is 0 Å². The van der Waals surface area contributed by atoms with E-state index in [-0.39, 0.29) is 13.0 Å². The van der Waals surface area contributed by atoms with Gasteiger partial charge in [0.15, 0.2) is 8.46 Å². The summed E-state index contributed by atoms with van der Waals surface area (Å²) in [5.41, 5.74) is 0. The van der Waals surface area contributed by atoms with Gasteiger partial charge in [0.1, 0.15) is 11.8 Å². The predicted octanol–water partition coefficient (Wildman–Crippen LogP) is 0.799. The zero-order valence-electron chi connectivity index (χ0n) is 7.27. The lowest BCUT2D eigenvalue weighted by Crippen LogP contribution is -2.26. The second-order valence-electron chi connectivity index (χ2n) is 2.29. The summed E-state index contributed by atoms with van der Waals surface area (Å²) >= 11 is 0. The zero-order valence-corrected chi connectivity index (χ0v) is 8.16. The van der Waals surface area contributed by atoms with Crippen LogP contribution in [0.15, 0.2) is 0 Å². The standard InChI is InChI=1S/C8H11O4P/c1-3-5-6(8(10)13-11)7(9)12-4-2/h1,6,8,10H,4-5H2,2H3. The van der Waals surface area contributed by atoms with Crippen LogP contribution in [0.5, 0.6) is 0 Å². The first-order valence-corrected chi connectivity index (χ1v) is 4.66. The van der Waals surface area contributed by atoms with Crippen LogP contribution in [0.4, 0.5) is 0 Å². The van der Waals surface area contributed by atoms with Crippen LogP contribution in [-0.4, -0.2) is 23.5 Å². The smallest absolute Gasteiger partial charge is 0.313 e. The Morgan fingerprint density at radius 1 is 1.77 bits per heavy atom. The number of hydrogen-bond acceptors (Lipinski definition) is 4. The van der Waals surface area contributed by atoms with Gasteiger partial charge >= 0.3 is 5.97 Å². The van der Waals surface area contributed by atoms with E-state index in [1.54, 1.807) is 6.92 Å². The Labute approximate surface area is 78.5 Å². The largest absolute Gasteiger partial charge is 0.466 e. The number of terminal acetylenes is 1. The predicted molar refractivity (Wildman–Crippen MR) is 47.2 cm³/mol. The molecule has 0 fully saturated rings. The lowest BCUT2D eigenvalue weighted by atomic mass is 10.1. The second kappa shape index (κ2) is 6.59.